The third-order valence-electron chi connectivity index (χ3n) is 2.86. The van der Waals surface area contributed by atoms with Gasteiger partial charge in [0, 0.05) is 28.9 Å². The number of carbonyl (C=O) groups is 1. The maximum Gasteiger partial charge on any atom is 0.319 e. The summed E-state index contributed by atoms with van der Waals surface area (Å²) in [6.45, 7) is -0.227. The Morgan fingerprint density at radius 2 is 2.00 bits per heavy atom. The first kappa shape index (κ1) is 16.2. The lowest BCUT2D eigenvalue weighted by Gasteiger charge is -2.14. The van der Waals surface area contributed by atoms with Crippen molar-refractivity contribution in [3.05, 3.63) is 64.7 Å². The van der Waals surface area contributed by atoms with E-state index in [2.05, 4.69) is 10.6 Å². The molecule has 3 N–H and O–H groups in total. The molecule has 22 heavy (non-hydrogen) atoms. The predicted octanol–water partition coefficient (Wildman–Crippen LogP) is 3.47. The minimum absolute atomic E-state index is 0.0931. The molecule has 0 aromatic heterocycles. The van der Waals surface area contributed by atoms with Crippen LogP contribution in [0.4, 0.5) is 19.3 Å². The van der Waals surface area contributed by atoms with E-state index in [-0.39, 0.29) is 12.1 Å². The standard InChI is InChI=1S/C15H13ClF2N2O2/c16-9-2-1-3-11(6-9)20-15(22)19-8-14(21)12-5-4-10(17)7-13(12)18/h1-7,14,21H,8H2,(H2,19,20,22)/t14-/m0/s1. The molecule has 0 aliphatic heterocycles. The lowest BCUT2D eigenvalue weighted by molar-refractivity contribution is 0.170. The number of hydrogen-bond acceptors (Lipinski definition) is 2. The van der Waals surface area contributed by atoms with Gasteiger partial charge in [0.1, 0.15) is 11.6 Å². The molecule has 0 saturated heterocycles. The van der Waals surface area contributed by atoms with Gasteiger partial charge in [-0.15, -0.1) is 0 Å². The van der Waals surface area contributed by atoms with Crippen molar-refractivity contribution in [1.29, 1.82) is 0 Å². The highest BCUT2D eigenvalue weighted by Gasteiger charge is 2.14. The second-order valence-electron chi connectivity index (χ2n) is 4.53. The molecule has 0 spiro atoms. The van der Waals surface area contributed by atoms with Crippen LogP contribution in [0.5, 0.6) is 0 Å². The monoisotopic (exact) mass is 326 g/mol. The van der Waals surface area contributed by atoms with Gasteiger partial charge in [-0.1, -0.05) is 23.7 Å². The van der Waals surface area contributed by atoms with Crippen LogP contribution in [-0.2, 0) is 0 Å². The number of amides is 2. The first-order chi connectivity index (χ1) is 10.5. The third-order valence-corrected chi connectivity index (χ3v) is 3.10. The number of rotatable bonds is 4. The van der Waals surface area contributed by atoms with E-state index in [0.29, 0.717) is 16.8 Å². The van der Waals surface area contributed by atoms with Crippen LogP contribution in [0.25, 0.3) is 0 Å². The van der Waals surface area contributed by atoms with Crippen LogP contribution in [0, 0.1) is 11.6 Å². The Hall–Kier alpha value is -2.18. The van der Waals surface area contributed by atoms with Crippen molar-refractivity contribution in [1.82, 2.24) is 5.32 Å². The fourth-order valence-corrected chi connectivity index (χ4v) is 2.00. The summed E-state index contributed by atoms with van der Waals surface area (Å²) in [4.78, 5) is 11.7. The number of hydrogen-bond donors (Lipinski definition) is 3. The summed E-state index contributed by atoms with van der Waals surface area (Å²) >= 11 is 5.78. The van der Waals surface area contributed by atoms with Crippen LogP contribution >= 0.6 is 11.6 Å². The van der Waals surface area contributed by atoms with Gasteiger partial charge < -0.3 is 15.7 Å². The average Bonchev–Trinajstić information content (AvgIpc) is 2.45. The zero-order valence-corrected chi connectivity index (χ0v) is 12.1. The summed E-state index contributed by atoms with van der Waals surface area (Å²) in [6.07, 6.45) is -1.29. The van der Waals surface area contributed by atoms with Gasteiger partial charge in [0.25, 0.3) is 0 Å². The van der Waals surface area contributed by atoms with Crippen LogP contribution in [0.1, 0.15) is 11.7 Å². The molecule has 0 fully saturated rings. The van der Waals surface area contributed by atoms with Crippen molar-refractivity contribution < 1.29 is 18.7 Å². The molecule has 0 aliphatic rings. The highest BCUT2D eigenvalue weighted by atomic mass is 35.5. The molecular weight excluding hydrogens is 314 g/mol. The summed E-state index contributed by atoms with van der Waals surface area (Å²) < 4.78 is 26.3. The lowest BCUT2D eigenvalue weighted by atomic mass is 10.1. The zero-order chi connectivity index (χ0) is 16.1. The van der Waals surface area contributed by atoms with Crippen LogP contribution in [-0.4, -0.2) is 17.7 Å². The van der Waals surface area contributed by atoms with Gasteiger partial charge in [-0.2, -0.15) is 0 Å². The first-order valence-electron chi connectivity index (χ1n) is 6.39. The molecule has 4 nitrogen and oxygen atoms in total. The number of anilines is 1. The normalized spacial score (nSPS) is 11.8. The number of aliphatic hydroxyl groups excluding tert-OH is 1. The summed E-state index contributed by atoms with van der Waals surface area (Å²) in [5, 5.41) is 15.2. The molecule has 0 radical (unpaired) electrons. The van der Waals surface area contributed by atoms with Crippen LogP contribution in [0.3, 0.4) is 0 Å². The van der Waals surface area contributed by atoms with Gasteiger partial charge in [-0.05, 0) is 24.3 Å². The molecule has 7 heteroatoms. The second kappa shape index (κ2) is 7.20. The van der Waals surface area contributed by atoms with E-state index in [1.165, 1.54) is 0 Å². The minimum Gasteiger partial charge on any atom is -0.386 e. The van der Waals surface area contributed by atoms with Gasteiger partial charge in [-0.3, -0.25) is 0 Å². The van der Waals surface area contributed by atoms with E-state index < -0.39 is 23.8 Å². The van der Waals surface area contributed by atoms with Crippen molar-refractivity contribution in [2.24, 2.45) is 0 Å². The van der Waals surface area contributed by atoms with Gasteiger partial charge in [0.2, 0.25) is 0 Å². The van der Waals surface area contributed by atoms with E-state index in [0.717, 1.165) is 12.1 Å². The zero-order valence-electron chi connectivity index (χ0n) is 11.3. The van der Waals surface area contributed by atoms with Crippen LogP contribution in [0.2, 0.25) is 5.02 Å². The molecule has 0 saturated carbocycles. The first-order valence-corrected chi connectivity index (χ1v) is 6.77. The van der Waals surface area contributed by atoms with E-state index in [9.17, 15) is 18.7 Å². The van der Waals surface area contributed by atoms with E-state index in [1.807, 2.05) is 0 Å². The lowest BCUT2D eigenvalue weighted by Crippen LogP contribution is -2.32. The maximum absolute atomic E-state index is 13.5. The largest absolute Gasteiger partial charge is 0.386 e. The summed E-state index contributed by atoms with van der Waals surface area (Å²) in [5.41, 5.74) is 0.386. The number of nitrogens with one attached hydrogen (secondary N) is 2. The molecule has 2 amide bonds. The summed E-state index contributed by atoms with van der Waals surface area (Å²) in [5.74, 6) is -1.61. The van der Waals surface area contributed by atoms with Crippen LogP contribution < -0.4 is 10.6 Å². The molecule has 2 aromatic carbocycles. The topological polar surface area (TPSA) is 61.4 Å². The fraction of sp³-hybridized carbons (Fsp3) is 0.133. The van der Waals surface area contributed by atoms with Gasteiger partial charge in [-0.25, -0.2) is 13.6 Å². The number of carbonyl (C=O) groups excluding carboxylic acids is 1. The molecule has 1 atom stereocenters. The number of benzene rings is 2. The van der Waals surface area contributed by atoms with E-state index in [1.54, 1.807) is 24.3 Å². The Morgan fingerprint density at radius 1 is 1.23 bits per heavy atom. The fourth-order valence-electron chi connectivity index (χ4n) is 1.81. The van der Waals surface area contributed by atoms with Crippen LogP contribution in [0.15, 0.2) is 42.5 Å². The quantitative estimate of drug-likeness (QED) is 0.805. The van der Waals surface area contributed by atoms with Gasteiger partial charge in [0.05, 0.1) is 6.10 Å². The van der Waals surface area contributed by atoms with Crippen molar-refractivity contribution >= 4 is 23.3 Å². The van der Waals surface area contributed by atoms with E-state index >= 15 is 0 Å². The Bertz CT molecular complexity index is 682. The smallest absolute Gasteiger partial charge is 0.319 e. The number of halogens is 3. The molecule has 2 rings (SSSR count). The SMILES string of the molecule is O=C(NC[C@H](O)c1ccc(F)cc1F)Nc1cccc(Cl)c1. The summed E-state index contributed by atoms with van der Waals surface area (Å²) in [6, 6.07) is 8.78. The minimum atomic E-state index is -1.29. The Labute approximate surface area is 130 Å². The number of aliphatic hydroxyl groups is 1. The molecular formula is C15H13ClF2N2O2. The highest BCUT2D eigenvalue weighted by molar-refractivity contribution is 6.30. The third kappa shape index (κ3) is 4.41. The Balaban J connectivity index is 1.90. The van der Waals surface area contributed by atoms with Crippen molar-refractivity contribution in [3.8, 4) is 0 Å². The Morgan fingerprint density at radius 3 is 2.68 bits per heavy atom. The molecule has 0 unspecified atom stereocenters. The number of urea groups is 1. The highest BCUT2D eigenvalue weighted by Crippen LogP contribution is 2.18. The van der Waals surface area contributed by atoms with Gasteiger partial charge in [0.15, 0.2) is 0 Å². The molecule has 2 aromatic rings. The molecule has 0 bridgehead atoms. The van der Waals surface area contributed by atoms with Gasteiger partial charge >= 0.3 is 6.03 Å². The second-order valence-corrected chi connectivity index (χ2v) is 4.96. The summed E-state index contributed by atoms with van der Waals surface area (Å²) in [7, 11) is 0. The van der Waals surface area contributed by atoms with Crippen molar-refractivity contribution in [3.63, 3.8) is 0 Å². The van der Waals surface area contributed by atoms with E-state index in [4.69, 9.17) is 11.6 Å². The molecule has 116 valence electrons. The average molecular weight is 327 g/mol. The molecule has 0 aliphatic carbocycles. The van der Waals surface area contributed by atoms with Crippen molar-refractivity contribution in [2.45, 2.75) is 6.10 Å². The Kier molecular flexibility index (Phi) is 5.30. The maximum atomic E-state index is 13.5. The van der Waals surface area contributed by atoms with Crippen molar-refractivity contribution in [2.75, 3.05) is 11.9 Å². The molecule has 0 heterocycles. The predicted molar refractivity (Wildman–Crippen MR) is 79.8 cm³/mol.